The van der Waals surface area contributed by atoms with E-state index in [4.69, 9.17) is 4.74 Å². The molecule has 26 heavy (non-hydrogen) atoms. The zero-order valence-electron chi connectivity index (χ0n) is 14.2. The van der Waals surface area contributed by atoms with Gasteiger partial charge in [-0.15, -0.1) is 11.3 Å². The van der Waals surface area contributed by atoms with Gasteiger partial charge < -0.3 is 15.4 Å². The number of thiazole rings is 1. The number of hydrogen-bond donors (Lipinski definition) is 2. The second kappa shape index (κ2) is 6.76. The van der Waals surface area contributed by atoms with Crippen LogP contribution in [0.4, 0.5) is 11.4 Å². The lowest BCUT2D eigenvalue weighted by Crippen LogP contribution is -2.21. The molecule has 2 N–H and O–H groups in total. The number of ether oxygens (including phenoxy) is 1. The van der Waals surface area contributed by atoms with Gasteiger partial charge in [-0.3, -0.25) is 9.59 Å². The van der Waals surface area contributed by atoms with E-state index in [0.717, 1.165) is 32.2 Å². The molecule has 2 amide bonds. The molecule has 2 heterocycles. The zero-order valence-corrected chi connectivity index (χ0v) is 15.0. The monoisotopic (exact) mass is 367 g/mol. The van der Waals surface area contributed by atoms with E-state index in [1.807, 2.05) is 31.2 Å². The minimum absolute atomic E-state index is 0.0265. The Morgan fingerprint density at radius 2 is 2.15 bits per heavy atom. The van der Waals surface area contributed by atoms with Crippen LogP contribution in [0.25, 0.3) is 10.2 Å². The lowest BCUT2D eigenvalue weighted by molar-refractivity contribution is -0.118. The molecular formula is C19H17N3O3S. The molecule has 0 atom stereocenters. The fourth-order valence-corrected chi connectivity index (χ4v) is 3.78. The van der Waals surface area contributed by atoms with Gasteiger partial charge >= 0.3 is 0 Å². The fraction of sp³-hybridized carbons (Fsp3) is 0.211. The van der Waals surface area contributed by atoms with Crippen molar-refractivity contribution in [3.8, 4) is 5.75 Å². The van der Waals surface area contributed by atoms with E-state index in [-0.39, 0.29) is 18.4 Å². The SMILES string of the molecule is Cc1nc2ccc(NC(=O)COc3ccc4c(c3)CCC(=O)N4)cc2s1. The maximum atomic E-state index is 12.2. The average molecular weight is 367 g/mol. The maximum absolute atomic E-state index is 12.2. The fourth-order valence-electron chi connectivity index (χ4n) is 2.91. The quantitative estimate of drug-likeness (QED) is 0.739. The first kappa shape index (κ1) is 16.5. The van der Waals surface area contributed by atoms with Crippen LogP contribution in [0.15, 0.2) is 36.4 Å². The molecular weight excluding hydrogens is 350 g/mol. The molecule has 7 heteroatoms. The molecule has 0 saturated carbocycles. The molecule has 1 aromatic heterocycles. The van der Waals surface area contributed by atoms with Gasteiger partial charge in [0, 0.05) is 17.8 Å². The smallest absolute Gasteiger partial charge is 0.262 e. The van der Waals surface area contributed by atoms with E-state index in [9.17, 15) is 9.59 Å². The van der Waals surface area contributed by atoms with Crippen molar-refractivity contribution in [3.63, 3.8) is 0 Å². The number of benzene rings is 2. The Hall–Kier alpha value is -2.93. The van der Waals surface area contributed by atoms with Crippen molar-refractivity contribution in [3.05, 3.63) is 47.0 Å². The number of carbonyl (C=O) groups excluding carboxylic acids is 2. The predicted octanol–water partition coefficient (Wildman–Crippen LogP) is 3.51. The number of nitrogens with zero attached hydrogens (tertiary/aromatic N) is 1. The summed E-state index contributed by atoms with van der Waals surface area (Å²) in [7, 11) is 0. The summed E-state index contributed by atoms with van der Waals surface area (Å²) in [6.45, 7) is 1.88. The summed E-state index contributed by atoms with van der Waals surface area (Å²) in [5.41, 5.74) is 3.49. The van der Waals surface area contributed by atoms with Gasteiger partial charge in [0.2, 0.25) is 5.91 Å². The molecule has 4 rings (SSSR count). The predicted molar refractivity (Wildman–Crippen MR) is 102 cm³/mol. The molecule has 1 aliphatic rings. The number of rotatable bonds is 4. The molecule has 0 unspecified atom stereocenters. The minimum Gasteiger partial charge on any atom is -0.484 e. The van der Waals surface area contributed by atoms with Crippen LogP contribution in [0.2, 0.25) is 0 Å². The van der Waals surface area contributed by atoms with Crippen molar-refractivity contribution < 1.29 is 14.3 Å². The highest BCUT2D eigenvalue weighted by Gasteiger charge is 2.15. The van der Waals surface area contributed by atoms with Crippen molar-refractivity contribution in [2.24, 2.45) is 0 Å². The molecule has 6 nitrogen and oxygen atoms in total. The van der Waals surface area contributed by atoms with Gasteiger partial charge in [0.15, 0.2) is 6.61 Å². The van der Waals surface area contributed by atoms with Crippen LogP contribution in [0.1, 0.15) is 17.0 Å². The first-order chi connectivity index (χ1) is 12.6. The topological polar surface area (TPSA) is 80.3 Å². The van der Waals surface area contributed by atoms with Gasteiger partial charge in [-0.25, -0.2) is 4.98 Å². The summed E-state index contributed by atoms with van der Waals surface area (Å²) in [6.07, 6.45) is 1.15. The lowest BCUT2D eigenvalue weighted by atomic mass is 10.0. The second-order valence-electron chi connectivity index (χ2n) is 6.12. The Labute approximate surface area is 154 Å². The van der Waals surface area contributed by atoms with Crippen LogP contribution < -0.4 is 15.4 Å². The summed E-state index contributed by atoms with van der Waals surface area (Å²) in [5.74, 6) is 0.416. The van der Waals surface area contributed by atoms with Crippen LogP contribution in [-0.2, 0) is 16.0 Å². The number of aryl methyl sites for hydroxylation is 2. The van der Waals surface area contributed by atoms with Crippen molar-refractivity contribution >= 4 is 44.7 Å². The summed E-state index contributed by atoms with van der Waals surface area (Å²) in [4.78, 5) is 27.9. The number of carbonyl (C=O) groups is 2. The Kier molecular flexibility index (Phi) is 4.30. The summed E-state index contributed by atoms with van der Waals surface area (Å²) in [5, 5.41) is 6.66. The number of amides is 2. The average Bonchev–Trinajstić information content (AvgIpc) is 2.99. The molecule has 3 aromatic rings. The molecule has 132 valence electrons. The lowest BCUT2D eigenvalue weighted by Gasteiger charge is -2.17. The normalized spacial score (nSPS) is 13.2. The van der Waals surface area contributed by atoms with E-state index in [2.05, 4.69) is 15.6 Å². The van der Waals surface area contributed by atoms with Crippen molar-refractivity contribution in [1.29, 1.82) is 0 Å². The Bertz CT molecular complexity index is 1010. The molecule has 0 spiro atoms. The second-order valence-corrected chi connectivity index (χ2v) is 7.35. The van der Waals surface area contributed by atoms with E-state index in [1.54, 1.807) is 23.5 Å². The first-order valence-corrected chi connectivity index (χ1v) is 9.11. The summed E-state index contributed by atoms with van der Waals surface area (Å²) in [6, 6.07) is 11.1. The largest absolute Gasteiger partial charge is 0.484 e. The molecule has 0 radical (unpaired) electrons. The number of nitrogens with one attached hydrogen (secondary N) is 2. The van der Waals surface area contributed by atoms with E-state index in [0.29, 0.717) is 18.6 Å². The van der Waals surface area contributed by atoms with E-state index >= 15 is 0 Å². The molecule has 0 fully saturated rings. The Morgan fingerprint density at radius 3 is 3.04 bits per heavy atom. The van der Waals surface area contributed by atoms with Gasteiger partial charge in [0.25, 0.3) is 5.91 Å². The highest BCUT2D eigenvalue weighted by atomic mass is 32.1. The summed E-state index contributed by atoms with van der Waals surface area (Å²) >= 11 is 1.59. The third-order valence-corrected chi connectivity index (χ3v) is 5.05. The number of hydrogen-bond acceptors (Lipinski definition) is 5. The van der Waals surface area contributed by atoms with Crippen LogP contribution in [0, 0.1) is 6.92 Å². The van der Waals surface area contributed by atoms with Crippen LogP contribution in [-0.4, -0.2) is 23.4 Å². The molecule has 1 aliphatic heterocycles. The summed E-state index contributed by atoms with van der Waals surface area (Å²) < 4.78 is 6.63. The molecule has 2 aromatic carbocycles. The Morgan fingerprint density at radius 1 is 1.27 bits per heavy atom. The Balaban J connectivity index is 1.38. The van der Waals surface area contributed by atoms with Gasteiger partial charge in [-0.1, -0.05) is 0 Å². The zero-order chi connectivity index (χ0) is 18.1. The number of aromatic nitrogens is 1. The van der Waals surface area contributed by atoms with Gasteiger partial charge in [0.1, 0.15) is 5.75 Å². The highest BCUT2D eigenvalue weighted by Crippen LogP contribution is 2.27. The number of fused-ring (bicyclic) bond motifs is 2. The molecule has 0 saturated heterocycles. The maximum Gasteiger partial charge on any atom is 0.262 e. The van der Waals surface area contributed by atoms with Gasteiger partial charge in [-0.05, 0) is 55.3 Å². The van der Waals surface area contributed by atoms with Crippen molar-refractivity contribution in [1.82, 2.24) is 4.98 Å². The van der Waals surface area contributed by atoms with Crippen LogP contribution >= 0.6 is 11.3 Å². The van der Waals surface area contributed by atoms with Crippen LogP contribution in [0.3, 0.4) is 0 Å². The highest BCUT2D eigenvalue weighted by molar-refractivity contribution is 7.18. The van der Waals surface area contributed by atoms with Crippen LogP contribution in [0.5, 0.6) is 5.75 Å². The third-order valence-electron chi connectivity index (χ3n) is 4.12. The standard InChI is InChI=1S/C19H17N3O3S/c1-11-20-16-5-3-13(9-17(16)26-11)21-19(24)10-25-14-4-6-15-12(8-14)2-7-18(23)22-15/h3-6,8-9H,2,7,10H2,1H3,(H,21,24)(H,22,23). The van der Waals surface area contributed by atoms with Crippen molar-refractivity contribution in [2.45, 2.75) is 19.8 Å². The van der Waals surface area contributed by atoms with Gasteiger partial charge in [-0.2, -0.15) is 0 Å². The van der Waals surface area contributed by atoms with Gasteiger partial charge in [0.05, 0.1) is 15.2 Å². The van der Waals surface area contributed by atoms with E-state index in [1.165, 1.54) is 0 Å². The number of anilines is 2. The molecule has 0 aliphatic carbocycles. The molecule has 0 bridgehead atoms. The van der Waals surface area contributed by atoms with E-state index < -0.39 is 0 Å². The van der Waals surface area contributed by atoms with Crippen molar-refractivity contribution in [2.75, 3.05) is 17.2 Å². The third kappa shape index (κ3) is 3.52. The first-order valence-electron chi connectivity index (χ1n) is 8.29. The minimum atomic E-state index is -0.225.